The maximum atomic E-state index is 11.7. The molecule has 1 aromatic carbocycles. The lowest BCUT2D eigenvalue weighted by Crippen LogP contribution is -2.14. The first-order valence-corrected chi connectivity index (χ1v) is 4.48. The Kier molecular flexibility index (Phi) is 4.08. The standard InChI is InChI=1S/C10H8F3NO3/c11-10(12,13)7-17-5-4-8-2-1-3-9(6-8)14(15)16/h1-6H,7H2/b5-4+. The van der Waals surface area contributed by atoms with Crippen molar-refractivity contribution in [2.75, 3.05) is 6.61 Å². The van der Waals surface area contributed by atoms with Crippen LogP contribution in [0.3, 0.4) is 0 Å². The van der Waals surface area contributed by atoms with Crippen molar-refractivity contribution in [3.05, 3.63) is 46.2 Å². The lowest BCUT2D eigenvalue weighted by Gasteiger charge is -2.04. The molecule has 4 nitrogen and oxygen atoms in total. The minimum atomic E-state index is -4.40. The monoisotopic (exact) mass is 247 g/mol. The quantitative estimate of drug-likeness (QED) is 0.466. The number of non-ortho nitro benzene ring substituents is 1. The number of alkyl halides is 3. The van der Waals surface area contributed by atoms with Crippen molar-refractivity contribution in [1.29, 1.82) is 0 Å². The number of ether oxygens (including phenoxy) is 1. The molecule has 0 spiro atoms. The van der Waals surface area contributed by atoms with Gasteiger partial charge < -0.3 is 4.74 Å². The lowest BCUT2D eigenvalue weighted by atomic mass is 10.2. The average Bonchev–Trinajstić information content (AvgIpc) is 2.23. The van der Waals surface area contributed by atoms with Crippen LogP contribution < -0.4 is 0 Å². The Morgan fingerprint density at radius 3 is 2.71 bits per heavy atom. The fraction of sp³-hybridized carbons (Fsp3) is 0.200. The summed E-state index contributed by atoms with van der Waals surface area (Å²) in [6, 6.07) is 5.46. The zero-order chi connectivity index (χ0) is 12.9. The van der Waals surface area contributed by atoms with Crippen molar-refractivity contribution in [2.24, 2.45) is 0 Å². The van der Waals surface area contributed by atoms with Gasteiger partial charge in [0.1, 0.15) is 0 Å². The van der Waals surface area contributed by atoms with E-state index in [-0.39, 0.29) is 5.69 Å². The van der Waals surface area contributed by atoms with Crippen molar-refractivity contribution < 1.29 is 22.8 Å². The fourth-order valence-electron chi connectivity index (χ4n) is 1.01. The van der Waals surface area contributed by atoms with Crippen LogP contribution in [0.2, 0.25) is 0 Å². The van der Waals surface area contributed by atoms with E-state index in [9.17, 15) is 23.3 Å². The summed E-state index contributed by atoms with van der Waals surface area (Å²) in [4.78, 5) is 9.83. The van der Waals surface area contributed by atoms with Gasteiger partial charge in [0.2, 0.25) is 0 Å². The van der Waals surface area contributed by atoms with Crippen molar-refractivity contribution >= 4 is 11.8 Å². The van der Waals surface area contributed by atoms with Gasteiger partial charge in [0.05, 0.1) is 11.2 Å². The summed E-state index contributed by atoms with van der Waals surface area (Å²) in [5, 5.41) is 10.4. The highest BCUT2D eigenvalue weighted by molar-refractivity contribution is 5.52. The Labute approximate surface area is 94.5 Å². The molecule has 0 fully saturated rings. The summed E-state index contributed by atoms with van der Waals surface area (Å²) in [5.41, 5.74) is 0.254. The molecule has 0 heterocycles. The number of halogens is 3. The summed E-state index contributed by atoms with van der Waals surface area (Å²) in [6.07, 6.45) is -2.32. The normalized spacial score (nSPS) is 11.7. The summed E-state index contributed by atoms with van der Waals surface area (Å²) in [6.45, 7) is -1.39. The molecule has 0 aliphatic carbocycles. The van der Waals surface area contributed by atoms with E-state index in [2.05, 4.69) is 4.74 Å². The van der Waals surface area contributed by atoms with E-state index in [1.165, 1.54) is 30.3 Å². The van der Waals surface area contributed by atoms with E-state index in [1.54, 1.807) is 0 Å². The maximum Gasteiger partial charge on any atom is 0.422 e. The van der Waals surface area contributed by atoms with Crippen molar-refractivity contribution in [2.45, 2.75) is 6.18 Å². The molecular formula is C10H8F3NO3. The molecule has 0 aliphatic heterocycles. The molecule has 0 N–H and O–H groups in total. The Morgan fingerprint density at radius 1 is 1.41 bits per heavy atom. The first-order chi connectivity index (χ1) is 7.88. The molecule has 7 heteroatoms. The predicted octanol–water partition coefficient (Wildman–Crippen LogP) is 3.14. The minimum absolute atomic E-state index is 0.136. The van der Waals surface area contributed by atoms with Crippen LogP contribution in [0.25, 0.3) is 6.08 Å². The van der Waals surface area contributed by atoms with Crippen molar-refractivity contribution in [3.8, 4) is 0 Å². The van der Waals surface area contributed by atoms with Gasteiger partial charge in [0.15, 0.2) is 6.61 Å². The molecule has 0 atom stereocenters. The number of nitro benzene ring substituents is 1. The first-order valence-electron chi connectivity index (χ1n) is 4.48. The van der Waals surface area contributed by atoms with Gasteiger partial charge in [-0.25, -0.2) is 0 Å². The van der Waals surface area contributed by atoms with Crippen LogP contribution in [-0.4, -0.2) is 17.7 Å². The van der Waals surface area contributed by atoms with Gasteiger partial charge in [0.25, 0.3) is 5.69 Å². The Hall–Kier alpha value is -2.05. The second-order valence-corrected chi connectivity index (χ2v) is 3.08. The zero-order valence-corrected chi connectivity index (χ0v) is 8.48. The molecule has 1 rings (SSSR count). The van der Waals surface area contributed by atoms with E-state index in [0.29, 0.717) is 5.56 Å². The first kappa shape index (κ1) is 13.0. The van der Waals surface area contributed by atoms with Crippen LogP contribution >= 0.6 is 0 Å². The number of hydrogen-bond donors (Lipinski definition) is 0. The third kappa shape index (κ3) is 5.01. The average molecular weight is 247 g/mol. The third-order valence-corrected chi connectivity index (χ3v) is 1.68. The smallest absolute Gasteiger partial charge is 0.422 e. The molecule has 0 bridgehead atoms. The number of nitrogens with zero attached hydrogens (tertiary/aromatic N) is 1. The molecule has 0 radical (unpaired) electrons. The summed E-state index contributed by atoms with van der Waals surface area (Å²) in [5.74, 6) is 0. The van der Waals surface area contributed by atoms with E-state index in [1.807, 2.05) is 0 Å². The summed E-state index contributed by atoms with van der Waals surface area (Å²) >= 11 is 0. The van der Waals surface area contributed by atoms with Crippen LogP contribution in [0.15, 0.2) is 30.5 Å². The number of hydrogen-bond acceptors (Lipinski definition) is 3. The molecule has 1 aromatic rings. The highest BCUT2D eigenvalue weighted by Crippen LogP contribution is 2.16. The largest absolute Gasteiger partial charge is 0.492 e. The van der Waals surface area contributed by atoms with Crippen LogP contribution in [0.5, 0.6) is 0 Å². The molecule has 92 valence electrons. The maximum absolute atomic E-state index is 11.7. The van der Waals surface area contributed by atoms with Crippen molar-refractivity contribution in [3.63, 3.8) is 0 Å². The fourth-order valence-corrected chi connectivity index (χ4v) is 1.01. The molecule has 0 aliphatic rings. The lowest BCUT2D eigenvalue weighted by molar-refractivity contribution is -0.384. The Morgan fingerprint density at radius 2 is 2.12 bits per heavy atom. The summed E-state index contributed by atoms with van der Waals surface area (Å²) in [7, 11) is 0. The Bertz CT molecular complexity index is 429. The van der Waals surface area contributed by atoms with Crippen LogP contribution in [-0.2, 0) is 4.74 Å². The van der Waals surface area contributed by atoms with Gasteiger partial charge >= 0.3 is 6.18 Å². The second-order valence-electron chi connectivity index (χ2n) is 3.08. The predicted molar refractivity (Wildman–Crippen MR) is 54.1 cm³/mol. The van der Waals surface area contributed by atoms with E-state index >= 15 is 0 Å². The topological polar surface area (TPSA) is 52.4 Å². The molecule has 0 aromatic heterocycles. The molecular weight excluding hydrogens is 239 g/mol. The van der Waals surface area contributed by atoms with Gasteiger partial charge in [-0.3, -0.25) is 10.1 Å². The third-order valence-electron chi connectivity index (χ3n) is 1.68. The minimum Gasteiger partial charge on any atom is -0.492 e. The van der Waals surface area contributed by atoms with Gasteiger partial charge in [-0.1, -0.05) is 12.1 Å². The van der Waals surface area contributed by atoms with Crippen LogP contribution in [0.1, 0.15) is 5.56 Å². The van der Waals surface area contributed by atoms with Gasteiger partial charge in [-0.05, 0) is 11.6 Å². The van der Waals surface area contributed by atoms with Gasteiger partial charge in [-0.2, -0.15) is 13.2 Å². The Balaban J connectivity index is 2.60. The molecule has 0 saturated heterocycles. The van der Waals surface area contributed by atoms with Gasteiger partial charge in [0, 0.05) is 12.1 Å². The van der Waals surface area contributed by atoms with Crippen LogP contribution in [0, 0.1) is 10.1 Å². The number of nitro groups is 1. The molecule has 17 heavy (non-hydrogen) atoms. The van der Waals surface area contributed by atoms with Gasteiger partial charge in [-0.15, -0.1) is 0 Å². The van der Waals surface area contributed by atoms with E-state index < -0.39 is 17.7 Å². The van der Waals surface area contributed by atoms with Crippen molar-refractivity contribution in [1.82, 2.24) is 0 Å². The molecule has 0 saturated carbocycles. The highest BCUT2D eigenvalue weighted by Gasteiger charge is 2.27. The second kappa shape index (κ2) is 5.33. The summed E-state index contributed by atoms with van der Waals surface area (Å²) < 4.78 is 39.3. The highest BCUT2D eigenvalue weighted by atomic mass is 19.4. The number of rotatable bonds is 4. The number of benzene rings is 1. The van der Waals surface area contributed by atoms with Crippen LogP contribution in [0.4, 0.5) is 18.9 Å². The molecule has 0 amide bonds. The SMILES string of the molecule is O=[N+]([O-])c1cccc(/C=C/OCC(F)(F)F)c1. The van der Waals surface area contributed by atoms with E-state index in [4.69, 9.17) is 0 Å². The van der Waals surface area contributed by atoms with E-state index in [0.717, 1.165) is 6.26 Å². The zero-order valence-electron chi connectivity index (χ0n) is 8.48. The molecule has 0 unspecified atom stereocenters.